The maximum Gasteiger partial charge on any atom is 0.407 e. The first-order valence-electron chi connectivity index (χ1n) is 9.47. The Bertz CT molecular complexity index is 945. The summed E-state index contributed by atoms with van der Waals surface area (Å²) in [5.41, 5.74) is 1.49. The Kier molecular flexibility index (Phi) is 8.23. The van der Waals surface area contributed by atoms with E-state index in [-0.39, 0.29) is 23.8 Å². The summed E-state index contributed by atoms with van der Waals surface area (Å²) in [5, 5.41) is 11.8. The molecule has 162 valence electrons. The summed E-state index contributed by atoms with van der Waals surface area (Å²) in [5.74, 6) is -0.0107. The monoisotopic (exact) mass is 434 g/mol. The van der Waals surface area contributed by atoms with Gasteiger partial charge in [0.15, 0.2) is 9.84 Å². The van der Waals surface area contributed by atoms with Crippen LogP contribution >= 0.6 is 0 Å². The van der Waals surface area contributed by atoms with E-state index in [0.717, 1.165) is 10.5 Å². The molecule has 1 atom stereocenters. The number of rotatable bonds is 9. The van der Waals surface area contributed by atoms with Gasteiger partial charge in [0.1, 0.15) is 6.61 Å². The third-order valence-electron chi connectivity index (χ3n) is 4.61. The van der Waals surface area contributed by atoms with Crippen LogP contribution in [-0.4, -0.2) is 50.0 Å². The molecule has 2 amide bonds. The summed E-state index contributed by atoms with van der Waals surface area (Å²) in [6, 6.07) is 14.9. The molecule has 2 rings (SSSR count). The zero-order chi connectivity index (χ0) is 22.1. The molecule has 0 bridgehead atoms. The van der Waals surface area contributed by atoms with Crippen LogP contribution < -0.4 is 5.32 Å². The number of amides is 2. The van der Waals surface area contributed by atoms with Gasteiger partial charge in [-0.25, -0.2) is 18.0 Å². The first-order valence-corrected chi connectivity index (χ1v) is 11.1. The van der Waals surface area contributed by atoms with Crippen molar-refractivity contribution in [2.24, 2.45) is 0 Å². The summed E-state index contributed by atoms with van der Waals surface area (Å²) in [6.07, 6.45) is -1.43. The Morgan fingerprint density at radius 1 is 1.10 bits per heavy atom. The molecule has 2 N–H and O–H groups in total. The van der Waals surface area contributed by atoms with E-state index in [2.05, 4.69) is 5.32 Å². The van der Waals surface area contributed by atoms with Gasteiger partial charge in [0.2, 0.25) is 0 Å². The van der Waals surface area contributed by atoms with E-state index >= 15 is 0 Å². The largest absolute Gasteiger partial charge is 0.465 e. The van der Waals surface area contributed by atoms with E-state index in [1.54, 1.807) is 19.1 Å². The molecule has 1 unspecified atom stereocenters. The van der Waals surface area contributed by atoms with E-state index in [4.69, 9.17) is 9.84 Å². The van der Waals surface area contributed by atoms with Crippen molar-refractivity contribution in [1.29, 1.82) is 0 Å². The van der Waals surface area contributed by atoms with Crippen LogP contribution in [0.3, 0.4) is 0 Å². The van der Waals surface area contributed by atoms with Crippen molar-refractivity contribution in [3.63, 3.8) is 0 Å². The van der Waals surface area contributed by atoms with Crippen LogP contribution in [0, 0.1) is 0 Å². The summed E-state index contributed by atoms with van der Waals surface area (Å²) in [4.78, 5) is 24.7. The second-order valence-electron chi connectivity index (χ2n) is 6.72. The molecule has 0 fully saturated rings. The van der Waals surface area contributed by atoms with Crippen molar-refractivity contribution in [1.82, 2.24) is 10.2 Å². The molecule has 0 aliphatic heterocycles. The Morgan fingerprint density at radius 2 is 1.73 bits per heavy atom. The number of ether oxygens (including phenoxy) is 1. The molecule has 0 aliphatic carbocycles. The van der Waals surface area contributed by atoms with Gasteiger partial charge in [0, 0.05) is 13.6 Å². The average molecular weight is 435 g/mol. The lowest BCUT2D eigenvalue weighted by Gasteiger charge is -2.22. The number of carboxylic acid groups (broad SMARTS) is 1. The van der Waals surface area contributed by atoms with Crippen molar-refractivity contribution in [3.8, 4) is 0 Å². The van der Waals surface area contributed by atoms with Gasteiger partial charge < -0.3 is 20.1 Å². The summed E-state index contributed by atoms with van der Waals surface area (Å²) >= 11 is 0. The minimum absolute atomic E-state index is 0.0107. The third-order valence-corrected chi connectivity index (χ3v) is 6.36. The predicted octanol–water partition coefficient (Wildman–Crippen LogP) is 3.45. The standard InChI is InChI=1S/C21H26N2O6S/c1-3-30(27,28)18-11-9-17(10-12-18)19(13-14-23(2)21(25)26)22-20(24)29-15-16-7-5-4-6-8-16/h4-12,19H,3,13-15H2,1-2H3,(H,22,24)(H,25,26). The van der Waals surface area contributed by atoms with Crippen LogP contribution in [0.2, 0.25) is 0 Å². The van der Waals surface area contributed by atoms with Crippen molar-refractivity contribution >= 4 is 22.0 Å². The normalized spacial score (nSPS) is 12.1. The highest BCUT2D eigenvalue weighted by molar-refractivity contribution is 7.91. The van der Waals surface area contributed by atoms with Crippen molar-refractivity contribution < 1.29 is 27.9 Å². The van der Waals surface area contributed by atoms with Crippen LogP contribution in [0.15, 0.2) is 59.5 Å². The highest BCUT2D eigenvalue weighted by Gasteiger charge is 2.19. The van der Waals surface area contributed by atoms with Crippen LogP contribution in [0.25, 0.3) is 0 Å². The molecule has 0 saturated carbocycles. The SMILES string of the molecule is CCS(=O)(=O)c1ccc(C(CCN(C)C(=O)O)NC(=O)OCc2ccccc2)cc1. The van der Waals surface area contributed by atoms with E-state index in [9.17, 15) is 18.0 Å². The number of carbonyl (C=O) groups excluding carboxylic acids is 1. The van der Waals surface area contributed by atoms with E-state index < -0.39 is 28.1 Å². The van der Waals surface area contributed by atoms with Crippen LogP contribution in [0.1, 0.15) is 30.5 Å². The average Bonchev–Trinajstić information content (AvgIpc) is 2.75. The van der Waals surface area contributed by atoms with Gasteiger partial charge in [-0.15, -0.1) is 0 Å². The fraction of sp³-hybridized carbons (Fsp3) is 0.333. The summed E-state index contributed by atoms with van der Waals surface area (Å²) in [6.45, 7) is 1.84. The van der Waals surface area contributed by atoms with Gasteiger partial charge in [-0.2, -0.15) is 0 Å². The minimum Gasteiger partial charge on any atom is -0.465 e. The first kappa shape index (κ1) is 23.2. The fourth-order valence-electron chi connectivity index (χ4n) is 2.72. The Balaban J connectivity index is 2.11. The fourth-order valence-corrected chi connectivity index (χ4v) is 3.61. The van der Waals surface area contributed by atoms with Crippen molar-refractivity contribution in [3.05, 3.63) is 65.7 Å². The minimum atomic E-state index is -3.34. The van der Waals surface area contributed by atoms with Gasteiger partial charge in [-0.1, -0.05) is 49.4 Å². The van der Waals surface area contributed by atoms with E-state index in [0.29, 0.717) is 12.0 Å². The molecule has 0 spiro atoms. The molecule has 0 saturated heterocycles. The second-order valence-corrected chi connectivity index (χ2v) is 9.00. The lowest BCUT2D eigenvalue weighted by molar-refractivity contribution is 0.133. The van der Waals surface area contributed by atoms with Gasteiger partial charge in [-0.3, -0.25) is 0 Å². The molecular weight excluding hydrogens is 408 g/mol. The Morgan fingerprint density at radius 3 is 2.30 bits per heavy atom. The number of hydrogen-bond acceptors (Lipinski definition) is 5. The lowest BCUT2D eigenvalue weighted by atomic mass is 10.0. The summed E-state index contributed by atoms with van der Waals surface area (Å²) < 4.78 is 29.3. The number of benzene rings is 2. The number of hydrogen-bond donors (Lipinski definition) is 2. The van der Waals surface area contributed by atoms with E-state index in [1.807, 2.05) is 30.3 Å². The molecule has 0 aliphatic rings. The quantitative estimate of drug-likeness (QED) is 0.625. The van der Waals surface area contributed by atoms with Gasteiger partial charge in [0.25, 0.3) is 0 Å². The molecule has 9 heteroatoms. The van der Waals surface area contributed by atoms with Crippen molar-refractivity contribution in [2.75, 3.05) is 19.3 Å². The molecule has 0 aromatic heterocycles. The number of sulfone groups is 1. The molecule has 0 radical (unpaired) electrons. The topological polar surface area (TPSA) is 113 Å². The highest BCUT2D eigenvalue weighted by Crippen LogP contribution is 2.21. The zero-order valence-corrected chi connectivity index (χ0v) is 17.8. The highest BCUT2D eigenvalue weighted by atomic mass is 32.2. The number of nitrogens with one attached hydrogen (secondary N) is 1. The maximum absolute atomic E-state index is 12.3. The van der Waals surface area contributed by atoms with E-state index in [1.165, 1.54) is 19.2 Å². The van der Waals surface area contributed by atoms with Crippen LogP contribution in [0.4, 0.5) is 9.59 Å². The second kappa shape index (κ2) is 10.6. The van der Waals surface area contributed by atoms with Crippen LogP contribution in [0.5, 0.6) is 0 Å². The smallest absolute Gasteiger partial charge is 0.407 e. The van der Waals surface area contributed by atoms with Gasteiger partial charge >= 0.3 is 12.2 Å². The maximum atomic E-state index is 12.3. The van der Waals surface area contributed by atoms with Gasteiger partial charge in [-0.05, 0) is 29.7 Å². The number of alkyl carbamates (subject to hydrolysis) is 1. The Hall–Kier alpha value is -3.07. The molecule has 2 aromatic carbocycles. The van der Waals surface area contributed by atoms with Crippen molar-refractivity contribution in [2.45, 2.75) is 30.9 Å². The lowest BCUT2D eigenvalue weighted by Crippen LogP contribution is -2.33. The molecule has 2 aromatic rings. The van der Waals surface area contributed by atoms with Gasteiger partial charge in [0.05, 0.1) is 16.7 Å². The molecule has 0 heterocycles. The molecule has 30 heavy (non-hydrogen) atoms. The number of carbonyl (C=O) groups is 2. The zero-order valence-electron chi connectivity index (χ0n) is 16.9. The first-order chi connectivity index (χ1) is 14.2. The molecule has 8 nitrogen and oxygen atoms in total. The Labute approximate surface area is 176 Å². The summed E-state index contributed by atoms with van der Waals surface area (Å²) in [7, 11) is -1.90. The van der Waals surface area contributed by atoms with Crippen LogP contribution in [-0.2, 0) is 21.2 Å². The third kappa shape index (κ3) is 6.77. The number of nitrogens with zero attached hydrogens (tertiary/aromatic N) is 1. The predicted molar refractivity (Wildman–Crippen MR) is 112 cm³/mol. The molecular formula is C21H26N2O6S.